The predicted octanol–water partition coefficient (Wildman–Crippen LogP) is 2.93. The van der Waals surface area contributed by atoms with Gasteiger partial charge in [-0.3, -0.25) is 0 Å². The van der Waals surface area contributed by atoms with Crippen molar-refractivity contribution in [3.05, 3.63) is 35.6 Å². The van der Waals surface area contributed by atoms with Crippen molar-refractivity contribution in [3.63, 3.8) is 0 Å². The Bertz CT molecular complexity index is 408. The van der Waals surface area contributed by atoms with E-state index < -0.39 is 0 Å². The van der Waals surface area contributed by atoms with E-state index in [9.17, 15) is 4.39 Å². The molecule has 0 amide bonds. The Morgan fingerprint density at radius 1 is 1.43 bits per heavy atom. The molecular formula is C17H26FNO2. The highest BCUT2D eigenvalue weighted by Crippen LogP contribution is 2.12. The summed E-state index contributed by atoms with van der Waals surface area (Å²) in [6, 6.07) is 7.23. The topological polar surface area (TPSA) is 30.5 Å². The summed E-state index contributed by atoms with van der Waals surface area (Å²) in [7, 11) is 0. The van der Waals surface area contributed by atoms with E-state index in [1.807, 2.05) is 12.1 Å². The van der Waals surface area contributed by atoms with Crippen molar-refractivity contribution in [1.82, 2.24) is 5.32 Å². The summed E-state index contributed by atoms with van der Waals surface area (Å²) in [6.07, 6.45) is 4.26. The van der Waals surface area contributed by atoms with Crippen LogP contribution in [0.2, 0.25) is 0 Å². The van der Waals surface area contributed by atoms with Gasteiger partial charge >= 0.3 is 0 Å². The molecule has 1 heterocycles. The number of halogens is 1. The predicted molar refractivity (Wildman–Crippen MR) is 82.0 cm³/mol. The first-order valence-corrected chi connectivity index (χ1v) is 7.92. The van der Waals surface area contributed by atoms with E-state index in [0.717, 1.165) is 44.6 Å². The largest absolute Gasteiger partial charge is 0.379 e. The van der Waals surface area contributed by atoms with Crippen LogP contribution in [-0.4, -0.2) is 38.5 Å². The van der Waals surface area contributed by atoms with Crippen molar-refractivity contribution < 1.29 is 13.9 Å². The fourth-order valence-electron chi connectivity index (χ4n) is 2.58. The first kappa shape index (κ1) is 16.4. The zero-order valence-electron chi connectivity index (χ0n) is 12.8. The molecule has 3 nitrogen and oxygen atoms in total. The Morgan fingerprint density at radius 2 is 2.29 bits per heavy atom. The summed E-state index contributed by atoms with van der Waals surface area (Å²) in [4.78, 5) is 0. The monoisotopic (exact) mass is 295 g/mol. The lowest BCUT2D eigenvalue weighted by Crippen LogP contribution is -2.30. The number of hydrogen-bond donors (Lipinski definition) is 1. The van der Waals surface area contributed by atoms with Crippen LogP contribution in [0, 0.1) is 5.82 Å². The number of nitrogens with one attached hydrogen (secondary N) is 1. The normalized spacial score (nSPS) is 19.8. The van der Waals surface area contributed by atoms with Gasteiger partial charge in [0.05, 0.1) is 12.7 Å². The Hall–Kier alpha value is -0.970. The van der Waals surface area contributed by atoms with Crippen LogP contribution in [0.15, 0.2) is 24.3 Å². The van der Waals surface area contributed by atoms with Crippen LogP contribution in [0.3, 0.4) is 0 Å². The lowest BCUT2D eigenvalue weighted by molar-refractivity contribution is 0.0165. The Labute approximate surface area is 126 Å². The van der Waals surface area contributed by atoms with E-state index in [2.05, 4.69) is 12.2 Å². The average molecular weight is 295 g/mol. The molecule has 0 spiro atoms. The molecular weight excluding hydrogens is 269 g/mol. The van der Waals surface area contributed by atoms with Gasteiger partial charge in [-0.05, 0) is 50.8 Å². The fraction of sp³-hybridized carbons (Fsp3) is 0.647. The lowest BCUT2D eigenvalue weighted by atomic mass is 10.1. The highest BCUT2D eigenvalue weighted by Gasteiger charge is 2.14. The van der Waals surface area contributed by atoms with Gasteiger partial charge in [0.15, 0.2) is 0 Å². The average Bonchev–Trinajstić information content (AvgIpc) is 2.98. The van der Waals surface area contributed by atoms with Crippen LogP contribution in [0.1, 0.15) is 31.7 Å². The van der Waals surface area contributed by atoms with E-state index in [4.69, 9.17) is 9.47 Å². The third-order valence-corrected chi connectivity index (χ3v) is 3.77. The van der Waals surface area contributed by atoms with E-state index >= 15 is 0 Å². The molecule has 2 unspecified atom stereocenters. The van der Waals surface area contributed by atoms with Crippen molar-refractivity contribution in [2.24, 2.45) is 0 Å². The van der Waals surface area contributed by atoms with Crippen molar-refractivity contribution in [2.45, 2.75) is 44.8 Å². The van der Waals surface area contributed by atoms with Gasteiger partial charge in [0.25, 0.3) is 0 Å². The molecule has 1 N–H and O–H groups in total. The summed E-state index contributed by atoms with van der Waals surface area (Å²) in [5, 5.41) is 3.41. The van der Waals surface area contributed by atoms with E-state index in [1.54, 1.807) is 6.07 Å². The Balaban J connectivity index is 1.51. The Kier molecular flexibility index (Phi) is 7.13. The first-order valence-electron chi connectivity index (χ1n) is 7.92. The zero-order valence-corrected chi connectivity index (χ0v) is 12.8. The third-order valence-electron chi connectivity index (χ3n) is 3.77. The lowest BCUT2D eigenvalue weighted by Gasteiger charge is -2.15. The molecule has 0 radical (unpaired) electrons. The van der Waals surface area contributed by atoms with Gasteiger partial charge in [0.1, 0.15) is 5.82 Å². The molecule has 21 heavy (non-hydrogen) atoms. The summed E-state index contributed by atoms with van der Waals surface area (Å²) in [5.41, 5.74) is 0.770. The number of ether oxygens (including phenoxy) is 2. The second-order valence-electron chi connectivity index (χ2n) is 5.71. The van der Waals surface area contributed by atoms with Crippen LogP contribution >= 0.6 is 0 Å². The maximum atomic E-state index is 13.5. The molecule has 1 aromatic rings. The van der Waals surface area contributed by atoms with Crippen LogP contribution in [0.5, 0.6) is 0 Å². The molecule has 1 fully saturated rings. The molecule has 2 atom stereocenters. The van der Waals surface area contributed by atoms with Gasteiger partial charge in [0.2, 0.25) is 0 Å². The minimum Gasteiger partial charge on any atom is -0.379 e. The summed E-state index contributed by atoms with van der Waals surface area (Å²) < 4.78 is 24.6. The van der Waals surface area contributed by atoms with Crippen molar-refractivity contribution in [3.8, 4) is 0 Å². The van der Waals surface area contributed by atoms with Crippen molar-refractivity contribution in [2.75, 3.05) is 26.4 Å². The second kappa shape index (κ2) is 9.13. The van der Waals surface area contributed by atoms with Gasteiger partial charge in [0, 0.05) is 19.3 Å². The molecule has 2 rings (SSSR count). The molecule has 0 aliphatic carbocycles. The summed E-state index contributed by atoms with van der Waals surface area (Å²) >= 11 is 0. The maximum Gasteiger partial charge on any atom is 0.126 e. The van der Waals surface area contributed by atoms with Crippen LogP contribution in [0.25, 0.3) is 0 Å². The van der Waals surface area contributed by atoms with E-state index in [-0.39, 0.29) is 11.9 Å². The van der Waals surface area contributed by atoms with Crippen molar-refractivity contribution in [1.29, 1.82) is 0 Å². The summed E-state index contributed by atoms with van der Waals surface area (Å²) in [6.45, 7) is 5.31. The number of hydrogen-bond acceptors (Lipinski definition) is 3. The first-order chi connectivity index (χ1) is 10.3. The molecule has 0 bridgehead atoms. The fourth-order valence-corrected chi connectivity index (χ4v) is 2.58. The molecule has 1 aromatic carbocycles. The smallest absolute Gasteiger partial charge is 0.126 e. The zero-order chi connectivity index (χ0) is 14.9. The minimum absolute atomic E-state index is 0.119. The summed E-state index contributed by atoms with van der Waals surface area (Å²) in [5.74, 6) is -0.119. The molecule has 0 aromatic heterocycles. The van der Waals surface area contributed by atoms with Crippen LogP contribution < -0.4 is 5.32 Å². The molecule has 1 aliphatic heterocycles. The van der Waals surface area contributed by atoms with Gasteiger partial charge < -0.3 is 14.8 Å². The minimum atomic E-state index is -0.119. The molecule has 1 aliphatic rings. The third kappa shape index (κ3) is 6.12. The van der Waals surface area contributed by atoms with Gasteiger partial charge in [-0.1, -0.05) is 18.2 Å². The highest BCUT2D eigenvalue weighted by atomic mass is 19.1. The second-order valence-corrected chi connectivity index (χ2v) is 5.71. The number of rotatable bonds is 9. The molecule has 1 saturated heterocycles. The van der Waals surface area contributed by atoms with Gasteiger partial charge in [-0.15, -0.1) is 0 Å². The molecule has 4 heteroatoms. The van der Waals surface area contributed by atoms with Gasteiger partial charge in [-0.25, -0.2) is 4.39 Å². The van der Waals surface area contributed by atoms with Crippen LogP contribution in [-0.2, 0) is 15.9 Å². The van der Waals surface area contributed by atoms with E-state index in [1.165, 1.54) is 6.07 Å². The quantitative estimate of drug-likeness (QED) is 0.711. The number of benzene rings is 1. The highest BCUT2D eigenvalue weighted by molar-refractivity contribution is 5.18. The SMILES string of the molecule is CC(Cc1ccccc1F)NCCCOCC1CCCO1. The Morgan fingerprint density at radius 3 is 3.05 bits per heavy atom. The standard InChI is InChI=1S/C17H26FNO2/c1-14(12-15-6-2-3-8-17(15)18)19-9-5-10-20-13-16-7-4-11-21-16/h2-3,6,8,14,16,19H,4-5,7,9-13H2,1H3. The molecule has 118 valence electrons. The van der Waals surface area contributed by atoms with Crippen LogP contribution in [0.4, 0.5) is 4.39 Å². The van der Waals surface area contributed by atoms with Gasteiger partial charge in [-0.2, -0.15) is 0 Å². The molecule has 0 saturated carbocycles. The van der Waals surface area contributed by atoms with E-state index in [0.29, 0.717) is 19.1 Å². The van der Waals surface area contributed by atoms with Crippen molar-refractivity contribution >= 4 is 0 Å². The maximum absolute atomic E-state index is 13.5.